The van der Waals surface area contributed by atoms with Crippen LogP contribution in [-0.4, -0.2) is 11.1 Å². The second-order valence-electron chi connectivity index (χ2n) is 4.76. The highest BCUT2D eigenvalue weighted by Gasteiger charge is 2.32. The molecule has 0 fully saturated rings. The van der Waals surface area contributed by atoms with Crippen LogP contribution in [0, 0.1) is 5.92 Å². The number of carboxylic acids is 1. The van der Waals surface area contributed by atoms with Crippen LogP contribution in [0.2, 0.25) is 5.02 Å². The first kappa shape index (κ1) is 12.9. The Kier molecular flexibility index (Phi) is 3.31. The van der Waals surface area contributed by atoms with E-state index in [9.17, 15) is 4.79 Å². The van der Waals surface area contributed by atoms with Crippen molar-refractivity contribution in [1.82, 2.24) is 0 Å². The second kappa shape index (κ2) is 4.62. The summed E-state index contributed by atoms with van der Waals surface area (Å²) in [7, 11) is 0. The molecule has 2 unspecified atom stereocenters. The molecule has 0 bridgehead atoms. The first-order valence-corrected chi connectivity index (χ1v) is 6.19. The van der Waals surface area contributed by atoms with E-state index < -0.39 is 11.9 Å². The first-order chi connectivity index (χ1) is 8.45. The monoisotopic (exact) mass is 262 g/mol. The summed E-state index contributed by atoms with van der Waals surface area (Å²) in [5.41, 5.74) is 1.68. The van der Waals surface area contributed by atoms with E-state index in [1.807, 2.05) is 37.3 Å². The van der Waals surface area contributed by atoms with Crippen molar-refractivity contribution in [2.24, 2.45) is 5.92 Å². The summed E-state index contributed by atoms with van der Waals surface area (Å²) in [6.07, 6.45) is 5.44. The minimum Gasteiger partial charge on any atom is -0.481 e. The number of carboxylic acid groups (broad SMARTS) is 1. The molecule has 2 atom stereocenters. The zero-order chi connectivity index (χ0) is 13.3. The van der Waals surface area contributed by atoms with Gasteiger partial charge in [0.25, 0.3) is 0 Å². The first-order valence-electron chi connectivity index (χ1n) is 5.81. The van der Waals surface area contributed by atoms with Crippen LogP contribution in [0.5, 0.6) is 0 Å². The van der Waals surface area contributed by atoms with Crippen molar-refractivity contribution in [3.8, 4) is 0 Å². The Morgan fingerprint density at radius 2 is 2.06 bits per heavy atom. The number of allylic oxidation sites excluding steroid dienone is 2. The Balaban J connectivity index is 2.46. The summed E-state index contributed by atoms with van der Waals surface area (Å²) < 4.78 is 0. The van der Waals surface area contributed by atoms with Crippen LogP contribution in [0.25, 0.3) is 0 Å². The van der Waals surface area contributed by atoms with Gasteiger partial charge in [0.2, 0.25) is 0 Å². The maximum Gasteiger partial charge on any atom is 0.314 e. The fourth-order valence-electron chi connectivity index (χ4n) is 2.26. The van der Waals surface area contributed by atoms with Crippen LogP contribution < -0.4 is 0 Å². The lowest BCUT2D eigenvalue weighted by molar-refractivity contribution is -0.138. The van der Waals surface area contributed by atoms with Gasteiger partial charge in [-0.1, -0.05) is 53.6 Å². The SMILES string of the molecule is CC1=CC(C(=O)O)C=CC1(C)c1ccccc1Cl. The highest BCUT2D eigenvalue weighted by Crippen LogP contribution is 2.40. The van der Waals surface area contributed by atoms with Gasteiger partial charge in [0.15, 0.2) is 0 Å². The van der Waals surface area contributed by atoms with E-state index in [4.69, 9.17) is 16.7 Å². The molecule has 1 N–H and O–H groups in total. The molecule has 1 aliphatic rings. The topological polar surface area (TPSA) is 37.3 Å². The average Bonchev–Trinajstić information content (AvgIpc) is 2.33. The van der Waals surface area contributed by atoms with Gasteiger partial charge in [-0.2, -0.15) is 0 Å². The summed E-state index contributed by atoms with van der Waals surface area (Å²) in [6, 6.07) is 7.66. The van der Waals surface area contributed by atoms with Crippen LogP contribution in [-0.2, 0) is 10.2 Å². The zero-order valence-corrected chi connectivity index (χ0v) is 11.1. The normalized spacial score (nSPS) is 26.8. The molecule has 0 saturated heterocycles. The highest BCUT2D eigenvalue weighted by atomic mass is 35.5. The van der Waals surface area contributed by atoms with E-state index in [1.165, 1.54) is 0 Å². The Morgan fingerprint density at radius 3 is 2.61 bits per heavy atom. The summed E-state index contributed by atoms with van der Waals surface area (Å²) in [5.74, 6) is -1.37. The average molecular weight is 263 g/mol. The van der Waals surface area contributed by atoms with Crippen LogP contribution in [0.15, 0.2) is 48.1 Å². The van der Waals surface area contributed by atoms with Gasteiger partial charge in [-0.05, 0) is 25.5 Å². The zero-order valence-electron chi connectivity index (χ0n) is 10.4. The molecule has 0 heterocycles. The molecule has 18 heavy (non-hydrogen) atoms. The predicted octanol–water partition coefficient (Wildman–Crippen LogP) is 3.81. The lowest BCUT2D eigenvalue weighted by atomic mass is 9.72. The highest BCUT2D eigenvalue weighted by molar-refractivity contribution is 6.31. The van der Waals surface area contributed by atoms with Crippen LogP contribution in [0.1, 0.15) is 19.4 Å². The van der Waals surface area contributed by atoms with E-state index in [2.05, 4.69) is 6.92 Å². The third kappa shape index (κ3) is 2.08. The molecule has 1 aliphatic carbocycles. The van der Waals surface area contributed by atoms with Gasteiger partial charge < -0.3 is 5.11 Å². The van der Waals surface area contributed by atoms with Crippen LogP contribution >= 0.6 is 11.6 Å². The Bertz CT molecular complexity index is 545. The lowest BCUT2D eigenvalue weighted by Crippen LogP contribution is -2.26. The van der Waals surface area contributed by atoms with E-state index >= 15 is 0 Å². The number of aliphatic carboxylic acids is 1. The summed E-state index contributed by atoms with van der Waals surface area (Å²) in [6.45, 7) is 4.00. The Labute approximate surface area is 112 Å². The molecular weight excluding hydrogens is 248 g/mol. The van der Waals surface area contributed by atoms with Crippen molar-refractivity contribution in [1.29, 1.82) is 0 Å². The number of halogens is 1. The molecule has 0 aromatic heterocycles. The van der Waals surface area contributed by atoms with Gasteiger partial charge in [-0.15, -0.1) is 0 Å². The third-order valence-electron chi connectivity index (χ3n) is 3.60. The standard InChI is InChI=1S/C15H15ClO2/c1-10-9-11(14(17)18)7-8-15(10,2)12-5-3-4-6-13(12)16/h3-9,11H,1-2H3,(H,17,18). The van der Waals surface area contributed by atoms with Crippen LogP contribution in [0.3, 0.4) is 0 Å². The van der Waals surface area contributed by atoms with Crippen molar-refractivity contribution >= 4 is 17.6 Å². The summed E-state index contributed by atoms with van der Waals surface area (Å²) >= 11 is 6.23. The molecule has 0 amide bonds. The number of hydrogen-bond acceptors (Lipinski definition) is 1. The molecule has 1 aromatic carbocycles. The quantitative estimate of drug-likeness (QED) is 0.823. The molecule has 0 radical (unpaired) electrons. The maximum absolute atomic E-state index is 11.0. The smallest absolute Gasteiger partial charge is 0.314 e. The molecule has 94 valence electrons. The van der Waals surface area contributed by atoms with E-state index in [-0.39, 0.29) is 5.41 Å². The van der Waals surface area contributed by atoms with E-state index in [1.54, 1.807) is 12.2 Å². The minimum atomic E-state index is -0.827. The van der Waals surface area contributed by atoms with Gasteiger partial charge in [-0.25, -0.2) is 0 Å². The van der Waals surface area contributed by atoms with E-state index in [0.717, 1.165) is 11.1 Å². The molecule has 0 aliphatic heterocycles. The number of rotatable bonds is 2. The van der Waals surface area contributed by atoms with Crippen molar-refractivity contribution in [2.75, 3.05) is 0 Å². The largest absolute Gasteiger partial charge is 0.481 e. The van der Waals surface area contributed by atoms with Gasteiger partial charge in [0, 0.05) is 10.4 Å². The molecular formula is C15H15ClO2. The lowest BCUT2D eigenvalue weighted by Gasteiger charge is -2.32. The van der Waals surface area contributed by atoms with Crippen molar-refractivity contribution in [3.63, 3.8) is 0 Å². The van der Waals surface area contributed by atoms with Crippen molar-refractivity contribution < 1.29 is 9.90 Å². The Morgan fingerprint density at radius 1 is 1.39 bits per heavy atom. The van der Waals surface area contributed by atoms with Crippen LogP contribution in [0.4, 0.5) is 0 Å². The molecule has 2 nitrogen and oxygen atoms in total. The third-order valence-corrected chi connectivity index (χ3v) is 3.93. The predicted molar refractivity (Wildman–Crippen MR) is 72.8 cm³/mol. The fourth-order valence-corrected chi connectivity index (χ4v) is 2.60. The van der Waals surface area contributed by atoms with Gasteiger partial charge >= 0.3 is 5.97 Å². The van der Waals surface area contributed by atoms with E-state index in [0.29, 0.717) is 5.02 Å². The molecule has 0 spiro atoms. The fraction of sp³-hybridized carbons (Fsp3) is 0.267. The van der Waals surface area contributed by atoms with Crippen molar-refractivity contribution in [2.45, 2.75) is 19.3 Å². The maximum atomic E-state index is 11.0. The van der Waals surface area contributed by atoms with Gasteiger partial charge in [0.05, 0.1) is 5.92 Å². The number of hydrogen-bond donors (Lipinski definition) is 1. The van der Waals surface area contributed by atoms with Gasteiger partial charge in [-0.3, -0.25) is 4.79 Å². The van der Waals surface area contributed by atoms with Crippen molar-refractivity contribution in [3.05, 3.63) is 58.7 Å². The second-order valence-corrected chi connectivity index (χ2v) is 5.16. The molecule has 1 aromatic rings. The number of carbonyl (C=O) groups is 1. The summed E-state index contributed by atoms with van der Waals surface area (Å²) in [4.78, 5) is 11.0. The minimum absolute atomic E-state index is 0.329. The molecule has 0 saturated carbocycles. The molecule has 3 heteroatoms. The number of benzene rings is 1. The summed E-state index contributed by atoms with van der Waals surface area (Å²) in [5, 5.41) is 9.73. The Hall–Kier alpha value is -1.54. The van der Waals surface area contributed by atoms with Gasteiger partial charge in [0.1, 0.15) is 0 Å². The molecule has 2 rings (SSSR count).